The lowest BCUT2D eigenvalue weighted by molar-refractivity contribution is -0.122. The van der Waals surface area contributed by atoms with E-state index in [1.54, 1.807) is 66.7 Å². The second kappa shape index (κ2) is 11.1. The lowest BCUT2D eigenvalue weighted by Crippen LogP contribution is -2.54. The molecule has 1 fully saturated rings. The molecule has 36 heavy (non-hydrogen) atoms. The Morgan fingerprint density at radius 3 is 2.50 bits per heavy atom. The minimum Gasteiger partial charge on any atom is -0.495 e. The van der Waals surface area contributed by atoms with Crippen LogP contribution in [0.2, 0.25) is 0 Å². The van der Waals surface area contributed by atoms with E-state index >= 15 is 0 Å². The summed E-state index contributed by atoms with van der Waals surface area (Å²) in [4.78, 5) is 39.2. The number of benzene rings is 3. The highest BCUT2D eigenvalue weighted by atomic mass is 79.9. The topological polar surface area (TPSA) is 97.0 Å². The van der Waals surface area contributed by atoms with E-state index in [4.69, 9.17) is 21.7 Å². The molecule has 8 nitrogen and oxygen atoms in total. The van der Waals surface area contributed by atoms with Crippen molar-refractivity contribution >= 4 is 68.4 Å². The fourth-order valence-corrected chi connectivity index (χ4v) is 4.23. The number of hydrogen-bond acceptors (Lipinski definition) is 6. The number of carbonyl (C=O) groups excluding carboxylic acids is 3. The van der Waals surface area contributed by atoms with E-state index in [0.717, 1.165) is 0 Å². The molecule has 0 aliphatic carbocycles. The first-order valence-electron chi connectivity index (χ1n) is 10.7. The van der Waals surface area contributed by atoms with Crippen molar-refractivity contribution in [2.75, 3.05) is 23.9 Å². The molecule has 182 valence electrons. The molecule has 0 bridgehead atoms. The highest BCUT2D eigenvalue weighted by Gasteiger charge is 2.34. The number of thiocarbonyl (C=S) groups is 1. The molecule has 0 saturated carbocycles. The Bertz CT molecular complexity index is 1380. The van der Waals surface area contributed by atoms with Crippen molar-refractivity contribution in [2.24, 2.45) is 0 Å². The number of anilines is 2. The third-order valence-electron chi connectivity index (χ3n) is 5.12. The van der Waals surface area contributed by atoms with Crippen molar-refractivity contribution in [1.82, 2.24) is 5.32 Å². The highest BCUT2D eigenvalue weighted by molar-refractivity contribution is 9.10. The zero-order chi connectivity index (χ0) is 25.7. The van der Waals surface area contributed by atoms with E-state index in [0.29, 0.717) is 32.9 Å². The van der Waals surface area contributed by atoms with Gasteiger partial charge in [-0.2, -0.15) is 0 Å². The summed E-state index contributed by atoms with van der Waals surface area (Å²) in [6.07, 6.45) is 1.47. The summed E-state index contributed by atoms with van der Waals surface area (Å²) in [6.45, 7) is -0.235. The van der Waals surface area contributed by atoms with Crippen LogP contribution < -0.4 is 25.0 Å². The maximum absolute atomic E-state index is 13.1. The molecule has 0 radical (unpaired) electrons. The van der Waals surface area contributed by atoms with Crippen LogP contribution in [0.1, 0.15) is 5.56 Å². The number of para-hydroxylation sites is 3. The van der Waals surface area contributed by atoms with E-state index in [1.807, 2.05) is 6.07 Å². The summed E-state index contributed by atoms with van der Waals surface area (Å²) >= 11 is 8.62. The molecule has 10 heteroatoms. The van der Waals surface area contributed by atoms with Crippen molar-refractivity contribution in [3.63, 3.8) is 0 Å². The second-order valence-electron chi connectivity index (χ2n) is 7.52. The average molecular weight is 566 g/mol. The third kappa shape index (κ3) is 5.61. The Morgan fingerprint density at radius 1 is 1.06 bits per heavy atom. The fourth-order valence-electron chi connectivity index (χ4n) is 3.44. The van der Waals surface area contributed by atoms with E-state index in [9.17, 15) is 14.4 Å². The van der Waals surface area contributed by atoms with Crippen molar-refractivity contribution in [3.8, 4) is 11.5 Å². The predicted octanol–water partition coefficient (Wildman–Crippen LogP) is 4.31. The molecule has 3 aromatic carbocycles. The lowest BCUT2D eigenvalue weighted by Gasteiger charge is -2.28. The Labute approximate surface area is 221 Å². The van der Waals surface area contributed by atoms with Crippen molar-refractivity contribution in [2.45, 2.75) is 0 Å². The number of methoxy groups -OCH3 is 1. The van der Waals surface area contributed by atoms with Crippen molar-refractivity contribution < 1.29 is 23.9 Å². The largest absolute Gasteiger partial charge is 0.495 e. The predicted molar refractivity (Wildman–Crippen MR) is 144 cm³/mol. The second-order valence-corrected chi connectivity index (χ2v) is 8.76. The first kappa shape index (κ1) is 25.1. The molecule has 1 aliphatic rings. The molecular formula is C26H20BrN3O5S. The Kier molecular flexibility index (Phi) is 7.77. The minimum atomic E-state index is -0.582. The van der Waals surface area contributed by atoms with E-state index < -0.39 is 11.8 Å². The first-order chi connectivity index (χ1) is 17.4. The summed E-state index contributed by atoms with van der Waals surface area (Å²) < 4.78 is 11.4. The van der Waals surface area contributed by atoms with Crippen LogP contribution in [0.25, 0.3) is 6.08 Å². The number of halogens is 1. The molecule has 1 saturated heterocycles. The molecular weight excluding hydrogens is 546 g/mol. The van der Waals surface area contributed by atoms with Crippen LogP contribution in [0.5, 0.6) is 11.5 Å². The third-order valence-corrected chi connectivity index (χ3v) is 6.03. The van der Waals surface area contributed by atoms with Gasteiger partial charge in [0, 0.05) is 0 Å². The Hall–Kier alpha value is -4.02. The summed E-state index contributed by atoms with van der Waals surface area (Å²) in [5, 5.41) is 5.31. The molecule has 0 aromatic heterocycles. The fraction of sp³-hybridized carbons (Fsp3) is 0.0769. The normalized spacial score (nSPS) is 14.4. The molecule has 0 atom stereocenters. The number of hydrogen-bond donors (Lipinski definition) is 2. The maximum Gasteiger partial charge on any atom is 0.270 e. The average Bonchev–Trinajstić information content (AvgIpc) is 2.87. The minimum absolute atomic E-state index is 0.0182. The van der Waals surface area contributed by atoms with E-state index in [-0.39, 0.29) is 23.2 Å². The molecule has 1 heterocycles. The van der Waals surface area contributed by atoms with Crippen LogP contribution in [0.4, 0.5) is 11.4 Å². The molecule has 1 aliphatic heterocycles. The van der Waals surface area contributed by atoms with E-state index in [2.05, 4.69) is 26.6 Å². The molecule has 0 spiro atoms. The van der Waals surface area contributed by atoms with Crippen LogP contribution in [-0.4, -0.2) is 36.6 Å². The highest BCUT2D eigenvalue weighted by Crippen LogP contribution is 2.29. The van der Waals surface area contributed by atoms with Gasteiger partial charge in [0.05, 0.1) is 23.0 Å². The van der Waals surface area contributed by atoms with Crippen LogP contribution >= 0.6 is 28.1 Å². The van der Waals surface area contributed by atoms with Crippen LogP contribution in [0.15, 0.2) is 82.8 Å². The molecule has 4 rings (SSSR count). The number of ether oxygens (including phenoxy) is 2. The summed E-state index contributed by atoms with van der Waals surface area (Å²) in [7, 11) is 1.52. The lowest BCUT2D eigenvalue weighted by atomic mass is 10.1. The maximum atomic E-state index is 13.1. The smallest absolute Gasteiger partial charge is 0.270 e. The Morgan fingerprint density at radius 2 is 1.78 bits per heavy atom. The first-order valence-corrected chi connectivity index (χ1v) is 11.9. The van der Waals surface area contributed by atoms with Gasteiger partial charge in [-0.25, -0.2) is 0 Å². The SMILES string of the molecule is COc1ccccc1NC(=O)COc1ccc(/C=C2/C(=O)NC(=S)N(c3ccccc3)C2=O)cc1Br. The quantitative estimate of drug-likeness (QED) is 0.252. The molecule has 0 unspecified atom stereocenters. The van der Waals surface area contributed by atoms with Crippen LogP contribution in [0.3, 0.4) is 0 Å². The molecule has 2 N–H and O–H groups in total. The number of amides is 3. The summed E-state index contributed by atoms with van der Waals surface area (Å²) in [6, 6.07) is 20.9. The summed E-state index contributed by atoms with van der Waals surface area (Å²) in [5.74, 6) is -0.517. The molecule has 3 aromatic rings. The number of rotatable bonds is 7. The van der Waals surface area contributed by atoms with Gasteiger partial charge in [-0.3, -0.25) is 24.6 Å². The van der Waals surface area contributed by atoms with Gasteiger partial charge in [0.15, 0.2) is 11.7 Å². The van der Waals surface area contributed by atoms with Crippen molar-refractivity contribution in [1.29, 1.82) is 0 Å². The number of nitrogens with one attached hydrogen (secondary N) is 2. The van der Waals surface area contributed by atoms with Gasteiger partial charge in [0.2, 0.25) is 0 Å². The van der Waals surface area contributed by atoms with Gasteiger partial charge in [0.25, 0.3) is 17.7 Å². The van der Waals surface area contributed by atoms with Crippen LogP contribution in [0, 0.1) is 0 Å². The molecule has 3 amide bonds. The summed E-state index contributed by atoms with van der Waals surface area (Å²) in [5.41, 5.74) is 1.60. The van der Waals surface area contributed by atoms with Gasteiger partial charge in [-0.05, 0) is 76.2 Å². The van der Waals surface area contributed by atoms with Gasteiger partial charge in [-0.15, -0.1) is 0 Å². The zero-order valence-electron chi connectivity index (χ0n) is 19.0. The van der Waals surface area contributed by atoms with Gasteiger partial charge in [0.1, 0.15) is 17.1 Å². The van der Waals surface area contributed by atoms with Crippen LogP contribution in [-0.2, 0) is 14.4 Å². The number of nitrogens with zero attached hydrogens (tertiary/aromatic N) is 1. The van der Waals surface area contributed by atoms with Gasteiger partial charge < -0.3 is 14.8 Å². The Balaban J connectivity index is 1.47. The van der Waals surface area contributed by atoms with Gasteiger partial charge in [-0.1, -0.05) is 36.4 Å². The zero-order valence-corrected chi connectivity index (χ0v) is 21.4. The van der Waals surface area contributed by atoms with E-state index in [1.165, 1.54) is 18.1 Å². The monoisotopic (exact) mass is 565 g/mol. The number of carbonyl (C=O) groups is 3. The van der Waals surface area contributed by atoms with Crippen molar-refractivity contribution in [3.05, 3.63) is 88.4 Å². The van der Waals surface area contributed by atoms with Gasteiger partial charge >= 0.3 is 0 Å². The standard InChI is InChI=1S/C26H20BrN3O5S/c1-34-22-10-6-5-9-20(22)28-23(31)15-35-21-12-11-16(14-19(21)27)13-18-24(32)29-26(36)30(25(18)33)17-7-3-2-4-8-17/h2-14H,15H2,1H3,(H,28,31)(H,29,32,36)/b18-13-.